The zero-order valence-corrected chi connectivity index (χ0v) is 15.4. The summed E-state index contributed by atoms with van der Waals surface area (Å²) in [5.41, 5.74) is -0.232. The lowest BCUT2D eigenvalue weighted by Crippen LogP contribution is -2.32. The van der Waals surface area contributed by atoms with Crippen molar-refractivity contribution < 1.29 is 19.1 Å². The maximum atomic E-state index is 12.6. The van der Waals surface area contributed by atoms with Gasteiger partial charge >= 0.3 is 5.97 Å². The van der Waals surface area contributed by atoms with Gasteiger partial charge in [-0.1, -0.05) is 13.8 Å². The maximum absolute atomic E-state index is 12.6. The van der Waals surface area contributed by atoms with Gasteiger partial charge in [0.2, 0.25) is 5.91 Å². The number of nitrogens with one attached hydrogen (secondary N) is 2. The zero-order chi connectivity index (χ0) is 20.0. The third kappa shape index (κ3) is 5.13. The summed E-state index contributed by atoms with van der Waals surface area (Å²) >= 11 is 0. The highest BCUT2D eigenvalue weighted by molar-refractivity contribution is 6.01. The molecule has 0 aromatic carbocycles. The van der Waals surface area contributed by atoms with Gasteiger partial charge in [0.25, 0.3) is 11.5 Å². The first-order valence-electron chi connectivity index (χ1n) is 8.57. The molecular formula is C18H22N4O5. The van der Waals surface area contributed by atoms with Gasteiger partial charge in [-0.15, -0.1) is 0 Å². The molecule has 0 fully saturated rings. The minimum Gasteiger partial charge on any atom is -0.465 e. The number of rotatable bonds is 7. The Hall–Kier alpha value is -3.23. The number of amides is 2. The summed E-state index contributed by atoms with van der Waals surface area (Å²) in [6.45, 7) is 5.38. The van der Waals surface area contributed by atoms with Crippen molar-refractivity contribution in [3.8, 4) is 0 Å². The topological polar surface area (TPSA) is 119 Å². The fourth-order valence-electron chi connectivity index (χ4n) is 2.40. The van der Waals surface area contributed by atoms with Crippen LogP contribution >= 0.6 is 0 Å². The van der Waals surface area contributed by atoms with E-state index in [0.29, 0.717) is 0 Å². The van der Waals surface area contributed by atoms with Gasteiger partial charge in [-0.2, -0.15) is 0 Å². The third-order valence-corrected chi connectivity index (χ3v) is 3.54. The summed E-state index contributed by atoms with van der Waals surface area (Å²) in [5.74, 6) is -1.26. The second-order valence-electron chi connectivity index (χ2n) is 6.23. The van der Waals surface area contributed by atoms with Crippen molar-refractivity contribution in [3.05, 3.63) is 40.4 Å². The minimum absolute atomic E-state index is 0.0298. The van der Waals surface area contributed by atoms with Crippen LogP contribution in [0, 0.1) is 5.92 Å². The SMILES string of the molecule is CCOC(=O)CNC(=O)c1cccn2c(=O)c(NC(=O)CC(C)C)cnc12. The van der Waals surface area contributed by atoms with Crippen LogP contribution in [0.3, 0.4) is 0 Å². The van der Waals surface area contributed by atoms with Gasteiger partial charge in [-0.25, -0.2) is 4.98 Å². The number of aromatic nitrogens is 2. The van der Waals surface area contributed by atoms with Gasteiger partial charge in [0.1, 0.15) is 12.2 Å². The van der Waals surface area contributed by atoms with E-state index in [2.05, 4.69) is 15.6 Å². The van der Waals surface area contributed by atoms with Crippen LogP contribution in [0.4, 0.5) is 5.69 Å². The van der Waals surface area contributed by atoms with Gasteiger partial charge in [-0.3, -0.25) is 23.6 Å². The highest BCUT2D eigenvalue weighted by Crippen LogP contribution is 2.09. The van der Waals surface area contributed by atoms with Crippen molar-refractivity contribution in [2.24, 2.45) is 5.92 Å². The molecule has 2 rings (SSSR count). The van der Waals surface area contributed by atoms with Gasteiger partial charge in [0, 0.05) is 12.6 Å². The van der Waals surface area contributed by atoms with Crippen LogP contribution in [-0.4, -0.2) is 40.3 Å². The molecule has 0 aliphatic heterocycles. The van der Waals surface area contributed by atoms with E-state index < -0.39 is 17.4 Å². The second-order valence-corrected chi connectivity index (χ2v) is 6.23. The van der Waals surface area contributed by atoms with Gasteiger partial charge < -0.3 is 15.4 Å². The number of esters is 1. The molecule has 0 bridgehead atoms. The van der Waals surface area contributed by atoms with Crippen LogP contribution in [0.5, 0.6) is 0 Å². The molecule has 144 valence electrons. The molecule has 0 atom stereocenters. The number of carbonyl (C=O) groups is 3. The number of hydrogen-bond acceptors (Lipinski definition) is 6. The molecule has 2 aromatic heterocycles. The Labute approximate surface area is 155 Å². The molecule has 0 spiro atoms. The van der Waals surface area contributed by atoms with E-state index in [9.17, 15) is 19.2 Å². The van der Waals surface area contributed by atoms with E-state index in [0.717, 1.165) is 0 Å². The Morgan fingerprint density at radius 3 is 2.70 bits per heavy atom. The van der Waals surface area contributed by atoms with E-state index in [4.69, 9.17) is 4.74 Å². The molecular weight excluding hydrogens is 352 g/mol. The van der Waals surface area contributed by atoms with E-state index in [-0.39, 0.29) is 48.3 Å². The highest BCUT2D eigenvalue weighted by Gasteiger charge is 2.16. The fourth-order valence-corrected chi connectivity index (χ4v) is 2.40. The van der Waals surface area contributed by atoms with Gasteiger partial charge in [0.15, 0.2) is 5.65 Å². The summed E-state index contributed by atoms with van der Waals surface area (Å²) in [6.07, 6.45) is 2.95. The maximum Gasteiger partial charge on any atom is 0.325 e. The van der Waals surface area contributed by atoms with Crippen molar-refractivity contribution >= 4 is 29.1 Å². The average Bonchev–Trinajstić information content (AvgIpc) is 2.61. The summed E-state index contributed by atoms with van der Waals surface area (Å²) < 4.78 is 5.92. The van der Waals surface area contributed by atoms with Crippen molar-refractivity contribution in [1.82, 2.24) is 14.7 Å². The van der Waals surface area contributed by atoms with Gasteiger partial charge in [-0.05, 0) is 25.0 Å². The molecule has 2 heterocycles. The average molecular weight is 374 g/mol. The fraction of sp³-hybridized carbons (Fsp3) is 0.389. The molecule has 0 unspecified atom stereocenters. The van der Waals surface area contributed by atoms with Crippen molar-refractivity contribution in [1.29, 1.82) is 0 Å². The smallest absolute Gasteiger partial charge is 0.325 e. The molecule has 0 aliphatic carbocycles. The third-order valence-electron chi connectivity index (χ3n) is 3.54. The Balaban J connectivity index is 2.27. The largest absolute Gasteiger partial charge is 0.465 e. The molecule has 0 saturated heterocycles. The van der Waals surface area contributed by atoms with Crippen LogP contribution in [-0.2, 0) is 14.3 Å². The molecule has 9 heteroatoms. The van der Waals surface area contributed by atoms with E-state index >= 15 is 0 Å². The van der Waals surface area contributed by atoms with Crippen molar-refractivity contribution in [2.75, 3.05) is 18.5 Å². The normalized spacial score (nSPS) is 10.7. The summed E-state index contributed by atoms with van der Waals surface area (Å²) in [4.78, 5) is 52.3. The number of anilines is 1. The standard InChI is InChI=1S/C18H22N4O5/c1-4-27-15(24)10-20-17(25)12-6-5-7-22-16(12)19-9-13(18(22)26)21-14(23)8-11(2)3/h5-7,9,11H,4,8,10H2,1-3H3,(H,20,25)(H,21,23). The molecule has 27 heavy (non-hydrogen) atoms. The Morgan fingerprint density at radius 1 is 1.30 bits per heavy atom. The number of pyridine rings is 1. The summed E-state index contributed by atoms with van der Waals surface area (Å²) in [5, 5.41) is 4.96. The lowest BCUT2D eigenvalue weighted by molar-refractivity contribution is -0.141. The molecule has 0 aliphatic rings. The Kier molecular flexibility index (Phi) is 6.64. The van der Waals surface area contributed by atoms with E-state index in [1.165, 1.54) is 28.9 Å². The molecule has 9 nitrogen and oxygen atoms in total. The number of fused-ring (bicyclic) bond motifs is 1. The monoisotopic (exact) mass is 374 g/mol. The van der Waals surface area contributed by atoms with Crippen LogP contribution in [0.1, 0.15) is 37.6 Å². The molecule has 2 amide bonds. The molecule has 2 aromatic rings. The molecule has 2 N–H and O–H groups in total. The lowest BCUT2D eigenvalue weighted by Gasteiger charge is -2.10. The quantitative estimate of drug-likeness (QED) is 0.697. The van der Waals surface area contributed by atoms with Gasteiger partial charge in [0.05, 0.1) is 18.4 Å². The minimum atomic E-state index is -0.565. The lowest BCUT2D eigenvalue weighted by atomic mass is 10.1. The number of nitrogens with zero attached hydrogens (tertiary/aromatic N) is 2. The Bertz CT molecular complexity index is 920. The molecule has 0 saturated carbocycles. The predicted octanol–water partition coefficient (Wildman–Crippen LogP) is 0.972. The Morgan fingerprint density at radius 2 is 2.04 bits per heavy atom. The van der Waals surface area contributed by atoms with Crippen molar-refractivity contribution in [2.45, 2.75) is 27.2 Å². The van der Waals surface area contributed by atoms with Crippen LogP contribution in [0.15, 0.2) is 29.3 Å². The number of hydrogen-bond donors (Lipinski definition) is 2. The van der Waals surface area contributed by atoms with E-state index in [1.807, 2.05) is 13.8 Å². The van der Waals surface area contributed by atoms with Crippen molar-refractivity contribution in [3.63, 3.8) is 0 Å². The zero-order valence-electron chi connectivity index (χ0n) is 15.4. The number of ether oxygens (including phenoxy) is 1. The predicted molar refractivity (Wildman–Crippen MR) is 98.5 cm³/mol. The van der Waals surface area contributed by atoms with Crippen LogP contribution in [0.2, 0.25) is 0 Å². The van der Waals surface area contributed by atoms with Crippen LogP contribution in [0.25, 0.3) is 5.65 Å². The highest BCUT2D eigenvalue weighted by atomic mass is 16.5. The van der Waals surface area contributed by atoms with E-state index in [1.54, 1.807) is 6.92 Å². The summed E-state index contributed by atoms with van der Waals surface area (Å²) in [6, 6.07) is 2.99. The number of carbonyl (C=O) groups excluding carboxylic acids is 3. The second kappa shape index (κ2) is 8.93. The summed E-state index contributed by atoms with van der Waals surface area (Å²) in [7, 11) is 0. The van der Waals surface area contributed by atoms with Crippen LogP contribution < -0.4 is 16.2 Å². The first-order chi connectivity index (χ1) is 12.8. The first kappa shape index (κ1) is 20.1. The first-order valence-corrected chi connectivity index (χ1v) is 8.57. The molecule has 0 radical (unpaired) electrons.